The zero-order valence-electron chi connectivity index (χ0n) is 7.57. The maximum Gasteiger partial charge on any atom is 0.0641 e. The van der Waals surface area contributed by atoms with E-state index in [1.807, 2.05) is 48.5 Å². The van der Waals surface area contributed by atoms with Gasteiger partial charge in [-0.1, -0.05) is 48.0 Å². The molecule has 0 saturated carbocycles. The summed E-state index contributed by atoms with van der Waals surface area (Å²) >= 11 is 5.94. The van der Waals surface area contributed by atoms with Gasteiger partial charge >= 0.3 is 0 Å². The van der Waals surface area contributed by atoms with Crippen molar-refractivity contribution in [2.75, 3.05) is 5.73 Å². The van der Waals surface area contributed by atoms with Crippen LogP contribution in [-0.2, 0) is 0 Å². The fourth-order valence-corrected chi connectivity index (χ4v) is 1.52. The summed E-state index contributed by atoms with van der Waals surface area (Å²) in [6.45, 7) is 0. The maximum absolute atomic E-state index is 5.94. The van der Waals surface area contributed by atoms with Crippen LogP contribution in [0.15, 0.2) is 48.5 Å². The van der Waals surface area contributed by atoms with Gasteiger partial charge in [-0.2, -0.15) is 0 Å². The van der Waals surface area contributed by atoms with Crippen molar-refractivity contribution >= 4 is 17.3 Å². The van der Waals surface area contributed by atoms with Gasteiger partial charge in [0.2, 0.25) is 0 Å². The Hall–Kier alpha value is -1.47. The summed E-state index contributed by atoms with van der Waals surface area (Å²) in [5.41, 5.74) is 8.49. The minimum absolute atomic E-state index is 0.603. The third-order valence-electron chi connectivity index (χ3n) is 2.11. The van der Waals surface area contributed by atoms with E-state index in [1.54, 1.807) is 0 Å². The number of benzene rings is 2. The second-order valence-corrected chi connectivity index (χ2v) is 3.51. The maximum atomic E-state index is 5.94. The quantitative estimate of drug-likeness (QED) is 0.705. The molecule has 1 nitrogen and oxygen atoms in total. The van der Waals surface area contributed by atoms with E-state index in [0.29, 0.717) is 10.7 Å². The Bertz CT molecular complexity index is 437. The number of hydrogen-bond donors (Lipinski definition) is 1. The molecule has 0 aliphatic carbocycles. The summed E-state index contributed by atoms with van der Waals surface area (Å²) in [5.74, 6) is 0. The first kappa shape index (κ1) is 9.10. The summed E-state index contributed by atoms with van der Waals surface area (Å²) in [4.78, 5) is 0. The summed E-state index contributed by atoms with van der Waals surface area (Å²) in [5, 5.41) is 0.603. The van der Waals surface area contributed by atoms with Gasteiger partial charge in [-0.15, -0.1) is 0 Å². The van der Waals surface area contributed by atoms with Crippen molar-refractivity contribution < 1.29 is 0 Å². The lowest BCUT2D eigenvalue weighted by Crippen LogP contribution is -1.86. The van der Waals surface area contributed by atoms with Crippen LogP contribution in [0.2, 0.25) is 5.02 Å². The van der Waals surface area contributed by atoms with E-state index in [2.05, 4.69) is 0 Å². The van der Waals surface area contributed by atoms with Crippen molar-refractivity contribution in [3.8, 4) is 11.1 Å². The third-order valence-corrected chi connectivity index (χ3v) is 2.43. The molecule has 0 aliphatic heterocycles. The van der Waals surface area contributed by atoms with E-state index in [-0.39, 0.29) is 0 Å². The standard InChI is InChI=1S/C12H10ClN/c13-11-8-10(6-7-12(11)14)9-4-2-1-3-5-9/h1-8H,14H2. The average molecular weight is 204 g/mol. The molecule has 0 fully saturated rings. The molecular formula is C12H10ClN. The SMILES string of the molecule is Nc1ccc(-c2ccccc2)cc1Cl. The highest BCUT2D eigenvalue weighted by atomic mass is 35.5. The Morgan fingerprint density at radius 2 is 1.57 bits per heavy atom. The Labute approximate surface area is 88.1 Å². The van der Waals surface area contributed by atoms with Crippen molar-refractivity contribution in [1.82, 2.24) is 0 Å². The fourth-order valence-electron chi connectivity index (χ4n) is 1.34. The van der Waals surface area contributed by atoms with Gasteiger partial charge in [0.1, 0.15) is 0 Å². The second-order valence-electron chi connectivity index (χ2n) is 3.10. The lowest BCUT2D eigenvalue weighted by molar-refractivity contribution is 1.61. The Balaban J connectivity index is 2.48. The van der Waals surface area contributed by atoms with Crippen LogP contribution in [0.5, 0.6) is 0 Å². The monoisotopic (exact) mass is 203 g/mol. The highest BCUT2D eigenvalue weighted by Gasteiger charge is 1.99. The number of nitrogen functional groups attached to an aromatic ring is 1. The Morgan fingerprint density at radius 3 is 2.21 bits per heavy atom. The van der Waals surface area contributed by atoms with Crippen molar-refractivity contribution in [3.63, 3.8) is 0 Å². The average Bonchev–Trinajstić information content (AvgIpc) is 2.23. The first-order chi connectivity index (χ1) is 6.77. The van der Waals surface area contributed by atoms with Crippen LogP contribution in [0, 0.1) is 0 Å². The predicted octanol–water partition coefficient (Wildman–Crippen LogP) is 3.59. The van der Waals surface area contributed by atoms with E-state index in [4.69, 9.17) is 17.3 Å². The van der Waals surface area contributed by atoms with Gasteiger partial charge in [-0.3, -0.25) is 0 Å². The molecular weight excluding hydrogens is 194 g/mol. The number of halogens is 1. The van der Waals surface area contributed by atoms with Gasteiger partial charge in [-0.05, 0) is 23.3 Å². The smallest absolute Gasteiger partial charge is 0.0641 e. The van der Waals surface area contributed by atoms with E-state index in [0.717, 1.165) is 11.1 Å². The van der Waals surface area contributed by atoms with Crippen molar-refractivity contribution in [1.29, 1.82) is 0 Å². The normalized spacial score (nSPS) is 10.1. The molecule has 0 bridgehead atoms. The lowest BCUT2D eigenvalue weighted by Gasteiger charge is -2.03. The first-order valence-corrected chi connectivity index (χ1v) is 4.75. The zero-order chi connectivity index (χ0) is 9.97. The lowest BCUT2D eigenvalue weighted by atomic mass is 10.1. The molecule has 14 heavy (non-hydrogen) atoms. The van der Waals surface area contributed by atoms with E-state index in [9.17, 15) is 0 Å². The summed E-state index contributed by atoms with van der Waals surface area (Å²) in [6, 6.07) is 15.7. The van der Waals surface area contributed by atoms with Crippen LogP contribution in [0.25, 0.3) is 11.1 Å². The molecule has 0 heterocycles. The first-order valence-electron chi connectivity index (χ1n) is 4.38. The number of rotatable bonds is 1. The molecule has 0 saturated heterocycles. The predicted molar refractivity (Wildman–Crippen MR) is 61.3 cm³/mol. The van der Waals surface area contributed by atoms with Crippen LogP contribution in [0.3, 0.4) is 0 Å². The van der Waals surface area contributed by atoms with Gasteiger partial charge in [0.15, 0.2) is 0 Å². The molecule has 0 unspecified atom stereocenters. The minimum atomic E-state index is 0.603. The molecule has 2 N–H and O–H groups in total. The van der Waals surface area contributed by atoms with Crippen molar-refractivity contribution in [2.45, 2.75) is 0 Å². The molecule has 0 atom stereocenters. The van der Waals surface area contributed by atoms with Crippen LogP contribution in [0.4, 0.5) is 5.69 Å². The molecule has 0 amide bonds. The van der Waals surface area contributed by atoms with Gasteiger partial charge < -0.3 is 5.73 Å². The Morgan fingerprint density at radius 1 is 0.857 bits per heavy atom. The van der Waals surface area contributed by atoms with Gasteiger partial charge in [0.25, 0.3) is 0 Å². The molecule has 2 rings (SSSR count). The van der Waals surface area contributed by atoms with E-state index in [1.165, 1.54) is 0 Å². The van der Waals surface area contributed by atoms with Gasteiger partial charge in [0, 0.05) is 0 Å². The Kier molecular flexibility index (Phi) is 2.42. The summed E-state index contributed by atoms with van der Waals surface area (Å²) in [6.07, 6.45) is 0. The van der Waals surface area contributed by atoms with E-state index < -0.39 is 0 Å². The molecule has 2 heteroatoms. The molecule has 0 radical (unpaired) electrons. The van der Waals surface area contributed by atoms with Gasteiger partial charge in [0.05, 0.1) is 10.7 Å². The molecule has 0 aromatic heterocycles. The third kappa shape index (κ3) is 1.73. The molecule has 0 spiro atoms. The van der Waals surface area contributed by atoms with Crippen LogP contribution >= 0.6 is 11.6 Å². The minimum Gasteiger partial charge on any atom is -0.398 e. The second kappa shape index (κ2) is 3.72. The van der Waals surface area contributed by atoms with Crippen LogP contribution in [0.1, 0.15) is 0 Å². The molecule has 70 valence electrons. The largest absolute Gasteiger partial charge is 0.398 e. The topological polar surface area (TPSA) is 26.0 Å². The van der Waals surface area contributed by atoms with Crippen LogP contribution in [-0.4, -0.2) is 0 Å². The molecule has 2 aromatic rings. The van der Waals surface area contributed by atoms with E-state index >= 15 is 0 Å². The number of hydrogen-bond acceptors (Lipinski definition) is 1. The number of anilines is 1. The van der Waals surface area contributed by atoms with Crippen molar-refractivity contribution in [3.05, 3.63) is 53.6 Å². The van der Waals surface area contributed by atoms with Crippen molar-refractivity contribution in [2.24, 2.45) is 0 Å². The number of nitrogens with two attached hydrogens (primary N) is 1. The van der Waals surface area contributed by atoms with Gasteiger partial charge in [-0.25, -0.2) is 0 Å². The summed E-state index contributed by atoms with van der Waals surface area (Å²) < 4.78 is 0. The molecule has 2 aromatic carbocycles. The van der Waals surface area contributed by atoms with Crippen LogP contribution < -0.4 is 5.73 Å². The highest BCUT2D eigenvalue weighted by molar-refractivity contribution is 6.33. The zero-order valence-corrected chi connectivity index (χ0v) is 8.33. The fraction of sp³-hybridized carbons (Fsp3) is 0. The summed E-state index contributed by atoms with van der Waals surface area (Å²) in [7, 11) is 0. The molecule has 0 aliphatic rings. The highest BCUT2D eigenvalue weighted by Crippen LogP contribution is 2.26.